The Kier molecular flexibility index (Phi) is 9.53. The minimum atomic E-state index is -0.777. The first-order chi connectivity index (χ1) is 13.0. The molecule has 1 rings (SSSR count). The molecule has 0 aliphatic heterocycles. The molecule has 0 unspecified atom stereocenters. The molecule has 0 aliphatic carbocycles. The molecule has 160 valence electrons. The zero-order chi connectivity index (χ0) is 21.4. The van der Waals surface area contributed by atoms with Crippen LogP contribution in [0.15, 0.2) is 12.1 Å². The lowest BCUT2D eigenvalue weighted by Gasteiger charge is -2.32. The number of aromatic hydroxyl groups is 1. The maximum atomic E-state index is 11.3. The molecule has 3 heteroatoms. The summed E-state index contributed by atoms with van der Waals surface area (Å²) in [5.41, 5.74) is 2.71. The van der Waals surface area contributed by atoms with Crippen LogP contribution in [0.3, 0.4) is 0 Å². The Morgan fingerprint density at radius 2 is 1.29 bits per heavy atom. The van der Waals surface area contributed by atoms with Crippen molar-refractivity contribution in [1.29, 1.82) is 0 Å². The molecule has 0 amide bonds. The molecule has 28 heavy (non-hydrogen) atoms. The van der Waals surface area contributed by atoms with E-state index in [-0.39, 0.29) is 17.3 Å². The summed E-state index contributed by atoms with van der Waals surface area (Å²) < 4.78 is 0. The Morgan fingerprint density at radius 1 is 0.857 bits per heavy atom. The fourth-order valence-electron chi connectivity index (χ4n) is 4.02. The van der Waals surface area contributed by atoms with Gasteiger partial charge in [0.2, 0.25) is 0 Å². The summed E-state index contributed by atoms with van der Waals surface area (Å²) in [7, 11) is 0. The molecular weight excluding hydrogens is 348 g/mol. The second-order valence-electron chi connectivity index (χ2n) is 9.62. The van der Waals surface area contributed by atoms with Gasteiger partial charge >= 0.3 is 5.97 Å². The highest BCUT2D eigenvalue weighted by molar-refractivity contribution is 5.67. The molecule has 0 fully saturated rings. The lowest BCUT2D eigenvalue weighted by Crippen LogP contribution is -2.22. The standard InChI is InChI=1S/C25H42O3/c1-7-9-11-15-24(3,4)20-17-19(13-14-22(26)27)18-21(23(20)28)25(5,6)16-12-10-8-2/h17-18,28H,7-16H2,1-6H3,(H,26,27). The predicted molar refractivity (Wildman–Crippen MR) is 118 cm³/mol. The Hall–Kier alpha value is -1.51. The van der Waals surface area contributed by atoms with E-state index in [2.05, 4.69) is 53.7 Å². The van der Waals surface area contributed by atoms with Gasteiger partial charge in [0, 0.05) is 17.5 Å². The van der Waals surface area contributed by atoms with Gasteiger partial charge in [-0.3, -0.25) is 4.79 Å². The van der Waals surface area contributed by atoms with Crippen LogP contribution in [-0.2, 0) is 22.0 Å². The van der Waals surface area contributed by atoms with Crippen LogP contribution >= 0.6 is 0 Å². The van der Waals surface area contributed by atoms with Gasteiger partial charge in [-0.15, -0.1) is 0 Å². The van der Waals surface area contributed by atoms with Crippen LogP contribution in [0.25, 0.3) is 0 Å². The number of phenols is 1. The van der Waals surface area contributed by atoms with Crippen LogP contribution in [0.4, 0.5) is 0 Å². The topological polar surface area (TPSA) is 57.5 Å². The van der Waals surface area contributed by atoms with Crippen molar-refractivity contribution in [2.24, 2.45) is 0 Å². The number of hydrogen-bond donors (Lipinski definition) is 2. The molecule has 0 saturated carbocycles. The SMILES string of the molecule is CCCCCC(C)(C)c1cc(CCC(=O)O)cc(C(C)(C)CCCCC)c1O. The zero-order valence-electron chi connectivity index (χ0n) is 19.0. The first-order valence-corrected chi connectivity index (χ1v) is 11.1. The Bertz CT molecular complexity index is 586. The van der Waals surface area contributed by atoms with Gasteiger partial charge < -0.3 is 10.2 Å². The van der Waals surface area contributed by atoms with Gasteiger partial charge in [0.25, 0.3) is 0 Å². The number of phenolic OH excluding ortho intramolecular Hbond substituents is 1. The van der Waals surface area contributed by atoms with Gasteiger partial charge in [-0.05, 0) is 35.7 Å². The molecule has 0 aromatic heterocycles. The van der Waals surface area contributed by atoms with Gasteiger partial charge in [0.05, 0.1) is 0 Å². The number of rotatable bonds is 13. The molecule has 0 atom stereocenters. The van der Waals surface area contributed by atoms with Crippen molar-refractivity contribution >= 4 is 5.97 Å². The highest BCUT2D eigenvalue weighted by atomic mass is 16.4. The van der Waals surface area contributed by atoms with Crippen molar-refractivity contribution in [1.82, 2.24) is 0 Å². The first kappa shape index (κ1) is 24.5. The highest BCUT2D eigenvalue weighted by Gasteiger charge is 2.31. The van der Waals surface area contributed by atoms with E-state index in [1.165, 1.54) is 25.7 Å². The number of aliphatic carboxylic acids is 1. The third-order valence-electron chi connectivity index (χ3n) is 6.07. The summed E-state index contributed by atoms with van der Waals surface area (Å²) in [6.07, 6.45) is 9.68. The second kappa shape index (κ2) is 10.9. The maximum Gasteiger partial charge on any atom is 0.303 e. The van der Waals surface area contributed by atoms with Crippen molar-refractivity contribution in [3.63, 3.8) is 0 Å². The quantitative estimate of drug-likeness (QED) is 0.352. The minimum Gasteiger partial charge on any atom is -0.507 e. The van der Waals surface area contributed by atoms with Crippen molar-refractivity contribution in [3.8, 4) is 5.75 Å². The normalized spacial score (nSPS) is 12.4. The Balaban J connectivity index is 3.33. The number of aryl methyl sites for hydroxylation is 1. The number of carboxylic acid groups (broad SMARTS) is 1. The van der Waals surface area contributed by atoms with Gasteiger partial charge in [-0.25, -0.2) is 0 Å². The van der Waals surface area contributed by atoms with Crippen molar-refractivity contribution in [2.45, 2.75) is 117 Å². The molecule has 0 heterocycles. The summed E-state index contributed by atoms with van der Waals surface area (Å²) in [5, 5.41) is 20.4. The monoisotopic (exact) mass is 390 g/mol. The predicted octanol–water partition coefficient (Wildman–Crippen LogP) is 7.13. The summed E-state index contributed by atoms with van der Waals surface area (Å²) in [5.74, 6) is -0.359. The average Bonchev–Trinajstić information content (AvgIpc) is 2.60. The number of hydrogen-bond acceptors (Lipinski definition) is 2. The van der Waals surface area contributed by atoms with Gasteiger partial charge in [0.15, 0.2) is 0 Å². The molecule has 1 aromatic carbocycles. The van der Waals surface area contributed by atoms with Crippen LogP contribution in [0.5, 0.6) is 5.75 Å². The second-order valence-corrected chi connectivity index (χ2v) is 9.62. The minimum absolute atomic E-state index is 0.121. The van der Waals surface area contributed by atoms with Crippen LogP contribution in [-0.4, -0.2) is 16.2 Å². The summed E-state index contributed by atoms with van der Waals surface area (Å²) >= 11 is 0. The fourth-order valence-corrected chi connectivity index (χ4v) is 4.02. The number of benzene rings is 1. The molecule has 0 spiro atoms. The van der Waals surface area contributed by atoms with Crippen molar-refractivity contribution in [2.75, 3.05) is 0 Å². The van der Waals surface area contributed by atoms with Crippen molar-refractivity contribution < 1.29 is 15.0 Å². The third kappa shape index (κ3) is 7.14. The number of carboxylic acids is 1. The molecule has 0 saturated heterocycles. The zero-order valence-corrected chi connectivity index (χ0v) is 19.0. The Morgan fingerprint density at radius 3 is 1.64 bits per heavy atom. The van der Waals surface area contributed by atoms with Gasteiger partial charge in [-0.2, -0.15) is 0 Å². The van der Waals surface area contributed by atoms with E-state index in [0.717, 1.165) is 42.4 Å². The fraction of sp³-hybridized carbons (Fsp3) is 0.720. The lowest BCUT2D eigenvalue weighted by atomic mass is 9.73. The van der Waals surface area contributed by atoms with E-state index < -0.39 is 5.97 Å². The average molecular weight is 391 g/mol. The number of unbranched alkanes of at least 4 members (excludes halogenated alkanes) is 4. The van der Waals surface area contributed by atoms with Gasteiger partial charge in [-0.1, -0.05) is 92.2 Å². The summed E-state index contributed by atoms with van der Waals surface area (Å²) in [6.45, 7) is 13.2. The largest absolute Gasteiger partial charge is 0.507 e. The summed E-state index contributed by atoms with van der Waals surface area (Å²) in [4.78, 5) is 11.1. The molecule has 1 aromatic rings. The van der Waals surface area contributed by atoms with Crippen LogP contribution in [0.2, 0.25) is 0 Å². The van der Waals surface area contributed by atoms with Crippen molar-refractivity contribution in [3.05, 3.63) is 28.8 Å². The van der Waals surface area contributed by atoms with Crippen LogP contribution in [0, 0.1) is 0 Å². The summed E-state index contributed by atoms with van der Waals surface area (Å²) in [6, 6.07) is 4.10. The van der Waals surface area contributed by atoms with Gasteiger partial charge in [0.1, 0.15) is 5.75 Å². The smallest absolute Gasteiger partial charge is 0.303 e. The molecule has 3 nitrogen and oxygen atoms in total. The first-order valence-electron chi connectivity index (χ1n) is 11.1. The van der Waals surface area contributed by atoms with E-state index in [4.69, 9.17) is 5.11 Å². The maximum absolute atomic E-state index is 11.3. The molecule has 0 aliphatic rings. The lowest BCUT2D eigenvalue weighted by molar-refractivity contribution is -0.136. The van der Waals surface area contributed by atoms with E-state index in [1.807, 2.05) is 0 Å². The molecule has 2 N–H and O–H groups in total. The molecule has 0 radical (unpaired) electrons. The van der Waals surface area contributed by atoms with E-state index in [1.54, 1.807) is 0 Å². The highest BCUT2D eigenvalue weighted by Crippen LogP contribution is 2.43. The van der Waals surface area contributed by atoms with Crippen LogP contribution < -0.4 is 0 Å². The molecular formula is C25H42O3. The van der Waals surface area contributed by atoms with E-state index in [0.29, 0.717) is 12.2 Å². The molecule has 0 bridgehead atoms. The third-order valence-corrected chi connectivity index (χ3v) is 6.07. The van der Waals surface area contributed by atoms with Crippen LogP contribution in [0.1, 0.15) is 116 Å². The number of carbonyl (C=O) groups is 1. The van der Waals surface area contributed by atoms with E-state index >= 15 is 0 Å². The van der Waals surface area contributed by atoms with E-state index in [9.17, 15) is 9.90 Å². The Labute approximate surface area is 172 Å².